The maximum absolute atomic E-state index is 9.96. The molecule has 3 N–H and O–H groups in total. The molecule has 0 amide bonds. The summed E-state index contributed by atoms with van der Waals surface area (Å²) in [6.07, 6.45) is 0.773. The summed E-state index contributed by atoms with van der Waals surface area (Å²) in [5, 5.41) is 21.8. The highest BCUT2D eigenvalue weighted by molar-refractivity contribution is 5.04. The summed E-state index contributed by atoms with van der Waals surface area (Å²) in [6, 6.07) is 0. The van der Waals surface area contributed by atoms with Crippen LogP contribution >= 0.6 is 0 Å². The van der Waals surface area contributed by atoms with E-state index < -0.39 is 6.10 Å². The van der Waals surface area contributed by atoms with Crippen molar-refractivity contribution >= 4 is 0 Å². The monoisotopic (exact) mass is 213 g/mol. The third-order valence-corrected chi connectivity index (χ3v) is 2.75. The van der Waals surface area contributed by atoms with Crippen LogP contribution in [-0.4, -0.2) is 22.9 Å². The fraction of sp³-hybridized carbons (Fsp3) is 0.667. The number of aliphatic hydroxyl groups excluding tert-OH is 2. The van der Waals surface area contributed by atoms with Crippen molar-refractivity contribution in [3.05, 3.63) is 24.6 Å². The van der Waals surface area contributed by atoms with Crippen LogP contribution in [0.3, 0.4) is 0 Å². The Morgan fingerprint density at radius 3 is 2.33 bits per heavy atom. The smallest absolute Gasteiger partial charge is 0.0978 e. The van der Waals surface area contributed by atoms with E-state index >= 15 is 0 Å². The van der Waals surface area contributed by atoms with Gasteiger partial charge in [0.2, 0.25) is 0 Å². The standard InChI is InChI=1S/C12H23NO2/c1-6-12(4,5)11(15)10(3)13-8-7-9(2)14/h11,13-15H,2-3,6-8H2,1,4-5H3/t11-/m0/s1. The first-order valence-corrected chi connectivity index (χ1v) is 5.28. The fourth-order valence-corrected chi connectivity index (χ4v) is 1.13. The van der Waals surface area contributed by atoms with Crippen LogP contribution in [0.15, 0.2) is 24.6 Å². The zero-order valence-corrected chi connectivity index (χ0v) is 10.0. The lowest BCUT2D eigenvalue weighted by molar-refractivity contribution is 0.0724. The van der Waals surface area contributed by atoms with Gasteiger partial charge in [0.15, 0.2) is 0 Å². The van der Waals surface area contributed by atoms with Crippen molar-refractivity contribution in [3.8, 4) is 0 Å². The van der Waals surface area contributed by atoms with Crippen LogP contribution in [0.1, 0.15) is 33.6 Å². The van der Waals surface area contributed by atoms with Gasteiger partial charge >= 0.3 is 0 Å². The molecule has 0 aromatic heterocycles. The highest BCUT2D eigenvalue weighted by Crippen LogP contribution is 2.27. The summed E-state index contributed by atoms with van der Waals surface area (Å²) < 4.78 is 0. The summed E-state index contributed by atoms with van der Waals surface area (Å²) in [5.41, 5.74) is 0.420. The van der Waals surface area contributed by atoms with E-state index in [4.69, 9.17) is 5.11 Å². The van der Waals surface area contributed by atoms with Gasteiger partial charge in [0.1, 0.15) is 0 Å². The van der Waals surface area contributed by atoms with E-state index in [2.05, 4.69) is 18.5 Å². The van der Waals surface area contributed by atoms with Gasteiger partial charge in [-0.25, -0.2) is 0 Å². The topological polar surface area (TPSA) is 52.5 Å². The largest absolute Gasteiger partial charge is 0.513 e. The number of hydrogen-bond donors (Lipinski definition) is 3. The molecule has 0 aliphatic rings. The molecule has 0 saturated heterocycles. The Morgan fingerprint density at radius 1 is 1.40 bits per heavy atom. The van der Waals surface area contributed by atoms with Crippen molar-refractivity contribution in [1.29, 1.82) is 0 Å². The van der Waals surface area contributed by atoms with Gasteiger partial charge in [-0.2, -0.15) is 0 Å². The summed E-state index contributed by atoms with van der Waals surface area (Å²) in [7, 11) is 0. The summed E-state index contributed by atoms with van der Waals surface area (Å²) in [4.78, 5) is 0. The van der Waals surface area contributed by atoms with Crippen LogP contribution in [-0.2, 0) is 0 Å². The Hall–Kier alpha value is -0.960. The van der Waals surface area contributed by atoms with Gasteiger partial charge in [0.05, 0.1) is 11.9 Å². The van der Waals surface area contributed by atoms with Crippen LogP contribution in [0.25, 0.3) is 0 Å². The molecular weight excluding hydrogens is 190 g/mol. The first-order valence-electron chi connectivity index (χ1n) is 5.28. The van der Waals surface area contributed by atoms with Gasteiger partial charge in [0.25, 0.3) is 0 Å². The molecule has 0 unspecified atom stereocenters. The number of nitrogens with one attached hydrogen (secondary N) is 1. The fourth-order valence-electron chi connectivity index (χ4n) is 1.13. The number of aliphatic hydroxyl groups is 2. The maximum Gasteiger partial charge on any atom is 0.0978 e. The lowest BCUT2D eigenvalue weighted by atomic mass is 9.82. The highest BCUT2D eigenvalue weighted by atomic mass is 16.3. The summed E-state index contributed by atoms with van der Waals surface area (Å²) in [5.74, 6) is 0.138. The van der Waals surface area contributed by atoms with Crippen molar-refractivity contribution in [2.75, 3.05) is 6.54 Å². The van der Waals surface area contributed by atoms with Crippen molar-refractivity contribution in [3.63, 3.8) is 0 Å². The second-order valence-electron chi connectivity index (χ2n) is 4.51. The van der Waals surface area contributed by atoms with Gasteiger partial charge in [-0.3, -0.25) is 0 Å². The molecule has 3 nitrogen and oxygen atoms in total. The minimum absolute atomic E-state index is 0.138. The van der Waals surface area contributed by atoms with Gasteiger partial charge in [-0.15, -0.1) is 0 Å². The molecule has 0 saturated carbocycles. The second-order valence-corrected chi connectivity index (χ2v) is 4.51. The average Bonchev–Trinajstić information content (AvgIpc) is 2.15. The van der Waals surface area contributed by atoms with Crippen LogP contribution < -0.4 is 5.32 Å². The van der Waals surface area contributed by atoms with E-state index in [1.807, 2.05) is 20.8 Å². The Morgan fingerprint density at radius 2 is 1.93 bits per heavy atom. The molecule has 0 radical (unpaired) electrons. The molecule has 0 fully saturated rings. The van der Waals surface area contributed by atoms with E-state index in [0.717, 1.165) is 6.42 Å². The third-order valence-electron chi connectivity index (χ3n) is 2.75. The van der Waals surface area contributed by atoms with Crippen LogP contribution in [0.4, 0.5) is 0 Å². The van der Waals surface area contributed by atoms with E-state index in [-0.39, 0.29) is 11.2 Å². The third kappa shape index (κ3) is 4.88. The molecule has 0 aromatic rings. The normalized spacial score (nSPS) is 13.3. The van der Waals surface area contributed by atoms with Crippen molar-refractivity contribution in [2.24, 2.45) is 5.41 Å². The molecular formula is C12H23NO2. The predicted molar refractivity (Wildman–Crippen MR) is 63.6 cm³/mol. The minimum atomic E-state index is -0.575. The zero-order chi connectivity index (χ0) is 12.1. The van der Waals surface area contributed by atoms with E-state index in [0.29, 0.717) is 18.7 Å². The zero-order valence-electron chi connectivity index (χ0n) is 10.0. The molecule has 0 aliphatic heterocycles. The predicted octanol–water partition coefficient (Wildman–Crippen LogP) is 2.35. The SMILES string of the molecule is C=C(O)CCNC(=C)[C@H](O)C(C)(C)CC. The first-order chi connectivity index (χ1) is 6.81. The molecule has 1 atom stereocenters. The summed E-state index contributed by atoms with van der Waals surface area (Å²) in [6.45, 7) is 13.7. The van der Waals surface area contributed by atoms with E-state index in [1.165, 1.54) is 0 Å². The first kappa shape index (κ1) is 14.0. The Labute approximate surface area is 92.5 Å². The maximum atomic E-state index is 9.96. The van der Waals surface area contributed by atoms with Gasteiger partial charge in [-0.05, 0) is 11.8 Å². The molecule has 0 bridgehead atoms. The average molecular weight is 213 g/mol. The minimum Gasteiger partial charge on any atom is -0.513 e. The van der Waals surface area contributed by atoms with E-state index in [1.54, 1.807) is 0 Å². The lowest BCUT2D eigenvalue weighted by Crippen LogP contribution is -2.35. The van der Waals surface area contributed by atoms with Crippen molar-refractivity contribution in [2.45, 2.75) is 39.7 Å². The summed E-state index contributed by atoms with van der Waals surface area (Å²) >= 11 is 0. The molecule has 88 valence electrons. The van der Waals surface area contributed by atoms with Gasteiger partial charge in [0, 0.05) is 18.7 Å². The van der Waals surface area contributed by atoms with Crippen molar-refractivity contribution < 1.29 is 10.2 Å². The second kappa shape index (κ2) is 5.81. The Balaban J connectivity index is 4.05. The molecule has 0 aliphatic carbocycles. The number of hydrogen-bond acceptors (Lipinski definition) is 3. The Kier molecular flexibility index (Phi) is 5.44. The highest BCUT2D eigenvalue weighted by Gasteiger charge is 2.27. The van der Waals surface area contributed by atoms with Crippen LogP contribution in [0.2, 0.25) is 0 Å². The van der Waals surface area contributed by atoms with Gasteiger partial charge < -0.3 is 15.5 Å². The van der Waals surface area contributed by atoms with Crippen LogP contribution in [0.5, 0.6) is 0 Å². The van der Waals surface area contributed by atoms with E-state index in [9.17, 15) is 5.11 Å². The molecule has 0 rings (SSSR count). The molecule has 3 heteroatoms. The Bertz CT molecular complexity index is 234. The quantitative estimate of drug-likeness (QED) is 0.569. The number of rotatable bonds is 7. The molecule has 15 heavy (non-hydrogen) atoms. The lowest BCUT2D eigenvalue weighted by Gasteiger charge is -2.31. The molecule has 0 spiro atoms. The molecule has 0 heterocycles. The van der Waals surface area contributed by atoms with Gasteiger partial charge in [-0.1, -0.05) is 33.9 Å². The van der Waals surface area contributed by atoms with Crippen LogP contribution in [0, 0.1) is 5.41 Å². The molecule has 0 aromatic carbocycles. The van der Waals surface area contributed by atoms with Crippen molar-refractivity contribution in [1.82, 2.24) is 5.32 Å².